The van der Waals surface area contributed by atoms with Crippen LogP contribution in [0, 0.1) is 5.92 Å². The summed E-state index contributed by atoms with van der Waals surface area (Å²) in [6.45, 7) is 3.98. The van der Waals surface area contributed by atoms with Gasteiger partial charge in [-0.25, -0.2) is 4.98 Å². The lowest BCUT2D eigenvalue weighted by Crippen LogP contribution is -2.12. The summed E-state index contributed by atoms with van der Waals surface area (Å²) < 4.78 is 2.18. The van der Waals surface area contributed by atoms with E-state index in [9.17, 15) is 5.11 Å². The molecule has 1 aliphatic carbocycles. The van der Waals surface area contributed by atoms with E-state index in [4.69, 9.17) is 5.73 Å². The Morgan fingerprint density at radius 2 is 2.16 bits per heavy atom. The van der Waals surface area contributed by atoms with Crippen LogP contribution in [0.15, 0.2) is 18.2 Å². The molecule has 0 amide bonds. The second-order valence-corrected chi connectivity index (χ2v) is 5.79. The number of nitrogen functional groups attached to an aromatic ring is 1. The molecule has 1 aromatic carbocycles. The van der Waals surface area contributed by atoms with E-state index in [0.29, 0.717) is 11.7 Å². The summed E-state index contributed by atoms with van der Waals surface area (Å²) in [7, 11) is 0. The van der Waals surface area contributed by atoms with Crippen LogP contribution >= 0.6 is 0 Å². The number of hydrogen-bond acceptors (Lipinski definition) is 3. The van der Waals surface area contributed by atoms with Crippen LogP contribution in [0.1, 0.15) is 51.1 Å². The monoisotopic (exact) mass is 259 g/mol. The molecule has 0 spiro atoms. The summed E-state index contributed by atoms with van der Waals surface area (Å²) in [4.78, 5) is 4.55. The van der Waals surface area contributed by atoms with Gasteiger partial charge in [0.05, 0.1) is 11.0 Å². The molecule has 19 heavy (non-hydrogen) atoms. The average Bonchev–Trinajstić information content (AvgIpc) is 3.06. The summed E-state index contributed by atoms with van der Waals surface area (Å²) in [5.74, 6) is 1.59. The zero-order valence-corrected chi connectivity index (χ0v) is 11.5. The molecule has 3 rings (SSSR count). The van der Waals surface area contributed by atoms with Gasteiger partial charge in [0, 0.05) is 11.7 Å². The predicted octanol–water partition coefficient (Wildman–Crippen LogP) is 3.03. The van der Waals surface area contributed by atoms with Gasteiger partial charge in [0.2, 0.25) is 0 Å². The minimum atomic E-state index is -0.560. The highest BCUT2D eigenvalue weighted by atomic mass is 16.3. The van der Waals surface area contributed by atoms with Crippen LogP contribution in [-0.4, -0.2) is 14.7 Å². The number of aromatic nitrogens is 2. The quantitative estimate of drug-likeness (QED) is 0.829. The normalized spacial score (nSPS) is 18.7. The third-order valence-electron chi connectivity index (χ3n) is 3.93. The van der Waals surface area contributed by atoms with Crippen molar-refractivity contribution in [1.82, 2.24) is 9.55 Å². The van der Waals surface area contributed by atoms with Crippen LogP contribution in [-0.2, 0) is 0 Å². The zero-order chi connectivity index (χ0) is 13.6. The predicted molar refractivity (Wildman–Crippen MR) is 76.8 cm³/mol. The molecule has 2 atom stereocenters. The minimum Gasteiger partial charge on any atom is -0.399 e. The second-order valence-electron chi connectivity index (χ2n) is 5.79. The van der Waals surface area contributed by atoms with E-state index in [-0.39, 0.29) is 0 Å². The summed E-state index contributed by atoms with van der Waals surface area (Å²) in [5.41, 5.74) is 8.47. The Kier molecular flexibility index (Phi) is 2.97. The zero-order valence-electron chi connectivity index (χ0n) is 11.5. The van der Waals surface area contributed by atoms with Gasteiger partial charge in [0.25, 0.3) is 0 Å². The van der Waals surface area contributed by atoms with Crippen molar-refractivity contribution in [3.05, 3.63) is 24.0 Å². The van der Waals surface area contributed by atoms with Crippen molar-refractivity contribution in [2.45, 2.75) is 45.3 Å². The van der Waals surface area contributed by atoms with E-state index >= 15 is 0 Å². The maximum absolute atomic E-state index is 9.96. The van der Waals surface area contributed by atoms with Gasteiger partial charge in [-0.15, -0.1) is 0 Å². The van der Waals surface area contributed by atoms with E-state index in [1.54, 1.807) is 6.92 Å². The van der Waals surface area contributed by atoms with E-state index in [1.165, 1.54) is 12.8 Å². The number of aliphatic hydroxyl groups excluding tert-OH is 1. The van der Waals surface area contributed by atoms with Gasteiger partial charge < -0.3 is 15.4 Å². The third kappa shape index (κ3) is 2.32. The van der Waals surface area contributed by atoms with Crippen molar-refractivity contribution < 1.29 is 5.11 Å². The van der Waals surface area contributed by atoms with Crippen LogP contribution < -0.4 is 5.73 Å². The van der Waals surface area contributed by atoms with Crippen molar-refractivity contribution in [1.29, 1.82) is 0 Å². The molecular formula is C15H21N3O. The molecule has 1 fully saturated rings. The fourth-order valence-corrected chi connectivity index (χ4v) is 2.83. The first-order valence-electron chi connectivity index (χ1n) is 7.01. The topological polar surface area (TPSA) is 64.1 Å². The van der Waals surface area contributed by atoms with Crippen LogP contribution in [0.25, 0.3) is 11.0 Å². The van der Waals surface area contributed by atoms with E-state index in [2.05, 4.69) is 16.5 Å². The maximum atomic E-state index is 9.96. The molecule has 3 N–H and O–H groups in total. The smallest absolute Gasteiger partial charge is 0.138 e. The van der Waals surface area contributed by atoms with Crippen molar-refractivity contribution in [2.75, 3.05) is 5.73 Å². The molecule has 2 aromatic rings. The summed E-state index contributed by atoms with van der Waals surface area (Å²) in [6.07, 6.45) is 3.28. The summed E-state index contributed by atoms with van der Waals surface area (Å²) in [6, 6.07) is 6.15. The highest BCUT2D eigenvalue weighted by Crippen LogP contribution is 2.38. The second kappa shape index (κ2) is 4.53. The lowest BCUT2D eigenvalue weighted by molar-refractivity contribution is 0.181. The Labute approximate surface area is 113 Å². The SMILES string of the molecule is CC(O)c1nc2cc(N)ccc2n1C(C)CC1CC1. The van der Waals surface area contributed by atoms with Crippen LogP contribution in [0.2, 0.25) is 0 Å². The molecule has 0 saturated heterocycles. The molecule has 1 saturated carbocycles. The number of nitrogens with two attached hydrogens (primary N) is 1. The lowest BCUT2D eigenvalue weighted by atomic mass is 10.1. The Bertz CT molecular complexity index is 599. The number of anilines is 1. The van der Waals surface area contributed by atoms with Crippen molar-refractivity contribution in [3.63, 3.8) is 0 Å². The number of aliphatic hydroxyl groups is 1. The fraction of sp³-hybridized carbons (Fsp3) is 0.533. The molecule has 1 aliphatic rings. The first-order valence-corrected chi connectivity index (χ1v) is 7.01. The molecule has 4 heteroatoms. The first kappa shape index (κ1) is 12.5. The Balaban J connectivity index is 2.09. The van der Waals surface area contributed by atoms with Crippen molar-refractivity contribution in [2.24, 2.45) is 5.92 Å². The number of rotatable bonds is 4. The largest absolute Gasteiger partial charge is 0.399 e. The minimum absolute atomic E-state index is 0.366. The maximum Gasteiger partial charge on any atom is 0.138 e. The van der Waals surface area contributed by atoms with Crippen molar-refractivity contribution >= 4 is 16.7 Å². The van der Waals surface area contributed by atoms with Crippen LogP contribution in [0.4, 0.5) is 5.69 Å². The van der Waals surface area contributed by atoms with E-state index < -0.39 is 6.10 Å². The number of nitrogens with zero attached hydrogens (tertiary/aromatic N) is 2. The highest BCUT2D eigenvalue weighted by Gasteiger charge is 2.27. The molecule has 102 valence electrons. The average molecular weight is 259 g/mol. The first-order chi connectivity index (χ1) is 9.06. The Morgan fingerprint density at radius 3 is 2.79 bits per heavy atom. The molecule has 0 radical (unpaired) electrons. The van der Waals surface area contributed by atoms with Gasteiger partial charge in [-0.3, -0.25) is 0 Å². The number of imidazole rings is 1. The van der Waals surface area contributed by atoms with E-state index in [0.717, 1.165) is 29.2 Å². The molecule has 1 aromatic heterocycles. The van der Waals surface area contributed by atoms with Gasteiger partial charge in [0.1, 0.15) is 11.9 Å². The molecule has 0 bridgehead atoms. The van der Waals surface area contributed by atoms with Gasteiger partial charge in [-0.1, -0.05) is 12.8 Å². The highest BCUT2D eigenvalue weighted by molar-refractivity contribution is 5.80. The van der Waals surface area contributed by atoms with Gasteiger partial charge in [-0.2, -0.15) is 0 Å². The van der Waals surface area contributed by atoms with Crippen molar-refractivity contribution in [3.8, 4) is 0 Å². The summed E-state index contributed by atoms with van der Waals surface area (Å²) >= 11 is 0. The molecule has 2 unspecified atom stereocenters. The molecule has 4 nitrogen and oxygen atoms in total. The molecule has 1 heterocycles. The lowest BCUT2D eigenvalue weighted by Gasteiger charge is -2.18. The Morgan fingerprint density at radius 1 is 1.42 bits per heavy atom. The fourth-order valence-electron chi connectivity index (χ4n) is 2.83. The Hall–Kier alpha value is -1.55. The molecule has 0 aliphatic heterocycles. The third-order valence-corrected chi connectivity index (χ3v) is 3.93. The van der Waals surface area contributed by atoms with Gasteiger partial charge in [-0.05, 0) is 44.4 Å². The molecular weight excluding hydrogens is 238 g/mol. The van der Waals surface area contributed by atoms with E-state index in [1.807, 2.05) is 18.2 Å². The number of fused-ring (bicyclic) bond motifs is 1. The standard InChI is InChI=1S/C15H21N3O/c1-9(7-11-3-4-11)18-14-6-5-12(16)8-13(14)17-15(18)10(2)19/h5-6,8-11,19H,3-4,7,16H2,1-2H3. The summed E-state index contributed by atoms with van der Waals surface area (Å²) in [5, 5.41) is 9.96. The number of benzene rings is 1. The van der Waals surface area contributed by atoms with Crippen LogP contribution in [0.5, 0.6) is 0 Å². The van der Waals surface area contributed by atoms with Gasteiger partial charge >= 0.3 is 0 Å². The van der Waals surface area contributed by atoms with Crippen LogP contribution in [0.3, 0.4) is 0 Å². The number of hydrogen-bond donors (Lipinski definition) is 2. The van der Waals surface area contributed by atoms with Gasteiger partial charge in [0.15, 0.2) is 0 Å².